The number of ether oxygens (including phenoxy) is 3. The molecule has 73 heavy (non-hydrogen) atoms. The predicted octanol–water partition coefficient (Wildman–Crippen LogP) is 20.2. The number of hydrogen-bond acceptors (Lipinski definition) is 6. The van der Waals surface area contributed by atoms with Gasteiger partial charge in [0.2, 0.25) is 0 Å². The van der Waals surface area contributed by atoms with E-state index >= 15 is 0 Å². The lowest BCUT2D eigenvalue weighted by atomic mass is 10.1. The van der Waals surface area contributed by atoms with Crippen LogP contribution < -0.4 is 0 Å². The number of allylic oxidation sites excluding steroid dienone is 22. The summed E-state index contributed by atoms with van der Waals surface area (Å²) in [4.78, 5) is 38.2. The van der Waals surface area contributed by atoms with E-state index in [9.17, 15) is 14.4 Å². The summed E-state index contributed by atoms with van der Waals surface area (Å²) in [5.41, 5.74) is 0. The maximum Gasteiger partial charge on any atom is 0.306 e. The van der Waals surface area contributed by atoms with Gasteiger partial charge in [-0.1, -0.05) is 238 Å². The van der Waals surface area contributed by atoms with Crippen LogP contribution in [0, 0.1) is 0 Å². The van der Waals surface area contributed by atoms with Crippen molar-refractivity contribution in [3.8, 4) is 0 Å². The zero-order valence-corrected chi connectivity index (χ0v) is 47.1. The van der Waals surface area contributed by atoms with Crippen LogP contribution in [0.4, 0.5) is 0 Å². The number of unbranched alkanes of at least 4 members (excludes halogenated alkanes) is 19. The molecule has 0 spiro atoms. The van der Waals surface area contributed by atoms with E-state index in [1.165, 1.54) is 96.3 Å². The Morgan fingerprint density at radius 3 is 0.918 bits per heavy atom. The van der Waals surface area contributed by atoms with Gasteiger partial charge in [0.1, 0.15) is 13.2 Å². The summed E-state index contributed by atoms with van der Waals surface area (Å²) in [6.45, 7) is 6.38. The molecule has 0 saturated carbocycles. The quantitative estimate of drug-likeness (QED) is 0.0261. The molecule has 0 aromatic heterocycles. The molecule has 0 amide bonds. The summed E-state index contributed by atoms with van der Waals surface area (Å²) in [5.74, 6) is -1.03. The smallest absolute Gasteiger partial charge is 0.306 e. The molecule has 6 nitrogen and oxygen atoms in total. The Morgan fingerprint density at radius 1 is 0.288 bits per heavy atom. The number of esters is 3. The van der Waals surface area contributed by atoms with E-state index < -0.39 is 6.10 Å². The van der Waals surface area contributed by atoms with Gasteiger partial charge in [-0.15, -0.1) is 0 Å². The molecule has 0 aliphatic rings. The van der Waals surface area contributed by atoms with Crippen LogP contribution in [0.2, 0.25) is 0 Å². The van der Waals surface area contributed by atoms with Crippen LogP contribution in [0.3, 0.4) is 0 Å². The highest BCUT2D eigenvalue weighted by Crippen LogP contribution is 2.14. The molecule has 0 heterocycles. The average molecular weight is 1010 g/mol. The standard InChI is InChI=1S/C67H108O6/c1-4-7-10-13-16-19-22-25-28-31-33-36-39-42-45-48-51-54-57-60-66(69)72-63-64(62-71-65(68)59-56-53-50-47-44-41-38-35-30-27-24-21-18-15-12-9-6-3)73-67(70)61-58-55-52-49-46-43-40-37-34-32-29-26-23-20-17-14-11-8-5-2/h7,10,16-21,25-30,33,36,38,41-42,45,51,54,64H,4-6,8-9,11-15,22-24,31-32,34-35,37,39-40,43-44,46-50,52-53,55-63H2,1-3H3/b10-7-,19-16-,20-17-,21-18-,28-25-,29-26-,30-27-,36-33-,41-38-,45-42-,54-51-/t64-/m1/s1. The van der Waals surface area contributed by atoms with Crippen LogP contribution in [0.15, 0.2) is 134 Å². The van der Waals surface area contributed by atoms with Crippen LogP contribution >= 0.6 is 0 Å². The lowest BCUT2D eigenvalue weighted by molar-refractivity contribution is -0.166. The number of carbonyl (C=O) groups is 3. The summed E-state index contributed by atoms with van der Waals surface area (Å²) in [7, 11) is 0. The van der Waals surface area contributed by atoms with E-state index in [0.29, 0.717) is 19.3 Å². The summed E-state index contributed by atoms with van der Waals surface area (Å²) in [5, 5.41) is 0. The van der Waals surface area contributed by atoms with Gasteiger partial charge in [-0.2, -0.15) is 0 Å². The zero-order valence-electron chi connectivity index (χ0n) is 47.1. The number of carbonyl (C=O) groups excluding carboxylic acids is 3. The van der Waals surface area contributed by atoms with Crippen molar-refractivity contribution >= 4 is 17.9 Å². The van der Waals surface area contributed by atoms with E-state index in [0.717, 1.165) is 109 Å². The molecular weight excluding hydrogens is 901 g/mol. The van der Waals surface area contributed by atoms with E-state index in [1.807, 2.05) is 6.08 Å². The third-order valence-electron chi connectivity index (χ3n) is 12.1. The average Bonchev–Trinajstić information content (AvgIpc) is 3.39. The van der Waals surface area contributed by atoms with Crippen molar-refractivity contribution in [3.05, 3.63) is 134 Å². The second-order valence-electron chi connectivity index (χ2n) is 19.2. The van der Waals surface area contributed by atoms with Gasteiger partial charge in [-0.3, -0.25) is 14.4 Å². The van der Waals surface area contributed by atoms with Crippen molar-refractivity contribution in [2.75, 3.05) is 13.2 Å². The third kappa shape index (κ3) is 58.3. The molecule has 0 aliphatic heterocycles. The van der Waals surface area contributed by atoms with Crippen molar-refractivity contribution in [2.45, 2.75) is 258 Å². The number of rotatable bonds is 52. The highest BCUT2D eigenvalue weighted by atomic mass is 16.6. The van der Waals surface area contributed by atoms with Crippen molar-refractivity contribution in [1.82, 2.24) is 0 Å². The molecule has 0 saturated heterocycles. The van der Waals surface area contributed by atoms with Crippen LogP contribution in [0.5, 0.6) is 0 Å². The number of hydrogen-bond donors (Lipinski definition) is 0. The normalized spacial score (nSPS) is 13.1. The fourth-order valence-corrected chi connectivity index (χ4v) is 7.68. The Kier molecular flexibility index (Phi) is 56.4. The van der Waals surface area contributed by atoms with Gasteiger partial charge >= 0.3 is 17.9 Å². The molecule has 0 unspecified atom stereocenters. The molecule has 0 rings (SSSR count). The fraction of sp³-hybridized carbons (Fsp3) is 0.627. The van der Waals surface area contributed by atoms with Gasteiger partial charge in [0, 0.05) is 19.3 Å². The summed E-state index contributed by atoms with van der Waals surface area (Å²) in [6, 6.07) is 0. The highest BCUT2D eigenvalue weighted by molar-refractivity contribution is 5.71. The molecule has 6 heteroatoms. The SMILES string of the molecule is CC/C=C\C/C=C\C/C=C\C/C=C\C/C=C\C/C=C\CCC(=O)OC[C@@H](COC(=O)CCCCCC/C=C\C/C=C\C/C=C\CCCCC)OC(=O)CCCCCCCCCCC/C=C\C/C=C\CCCCC. The molecule has 0 aromatic rings. The summed E-state index contributed by atoms with van der Waals surface area (Å²) in [6.07, 6.45) is 84.5. The minimum Gasteiger partial charge on any atom is -0.462 e. The van der Waals surface area contributed by atoms with Crippen LogP contribution in [-0.4, -0.2) is 37.2 Å². The molecular formula is C67H108O6. The highest BCUT2D eigenvalue weighted by Gasteiger charge is 2.19. The van der Waals surface area contributed by atoms with E-state index in [2.05, 4.69) is 148 Å². The van der Waals surface area contributed by atoms with Crippen LogP contribution in [-0.2, 0) is 28.6 Å². The minimum atomic E-state index is -0.826. The second kappa shape index (κ2) is 60.1. The van der Waals surface area contributed by atoms with Crippen molar-refractivity contribution in [2.24, 2.45) is 0 Å². The Labute approximate surface area is 449 Å². The van der Waals surface area contributed by atoms with Crippen molar-refractivity contribution < 1.29 is 28.6 Å². The van der Waals surface area contributed by atoms with E-state index in [-0.39, 0.29) is 37.5 Å². The minimum absolute atomic E-state index is 0.119. The topological polar surface area (TPSA) is 78.9 Å². The molecule has 0 fully saturated rings. The first-order chi connectivity index (χ1) is 36.0. The molecule has 0 N–H and O–H groups in total. The predicted molar refractivity (Wildman–Crippen MR) is 316 cm³/mol. The first-order valence-electron chi connectivity index (χ1n) is 29.7. The molecule has 412 valence electrons. The van der Waals surface area contributed by atoms with E-state index in [1.54, 1.807) is 0 Å². The van der Waals surface area contributed by atoms with Crippen LogP contribution in [0.1, 0.15) is 252 Å². The Hall–Kier alpha value is -4.45. The molecule has 0 aromatic carbocycles. The van der Waals surface area contributed by atoms with Crippen molar-refractivity contribution in [1.29, 1.82) is 0 Å². The lowest BCUT2D eigenvalue weighted by Crippen LogP contribution is -2.30. The summed E-state index contributed by atoms with van der Waals surface area (Å²) < 4.78 is 16.8. The molecule has 0 aliphatic carbocycles. The third-order valence-corrected chi connectivity index (χ3v) is 12.1. The second-order valence-corrected chi connectivity index (χ2v) is 19.2. The first-order valence-corrected chi connectivity index (χ1v) is 29.7. The van der Waals surface area contributed by atoms with Gasteiger partial charge in [-0.25, -0.2) is 0 Å². The van der Waals surface area contributed by atoms with Gasteiger partial charge < -0.3 is 14.2 Å². The molecule has 1 atom stereocenters. The maximum absolute atomic E-state index is 12.9. The lowest BCUT2D eigenvalue weighted by Gasteiger charge is -2.18. The van der Waals surface area contributed by atoms with Gasteiger partial charge in [0.15, 0.2) is 6.10 Å². The monoisotopic (exact) mass is 1010 g/mol. The van der Waals surface area contributed by atoms with Crippen LogP contribution in [0.25, 0.3) is 0 Å². The fourth-order valence-electron chi connectivity index (χ4n) is 7.68. The zero-order chi connectivity index (χ0) is 52.9. The molecule has 0 bridgehead atoms. The van der Waals surface area contributed by atoms with Crippen molar-refractivity contribution in [3.63, 3.8) is 0 Å². The van der Waals surface area contributed by atoms with E-state index in [4.69, 9.17) is 14.2 Å². The Balaban J connectivity index is 4.56. The first kappa shape index (κ1) is 68.6. The largest absolute Gasteiger partial charge is 0.462 e. The van der Waals surface area contributed by atoms with Gasteiger partial charge in [-0.05, 0) is 128 Å². The van der Waals surface area contributed by atoms with Gasteiger partial charge in [0.05, 0.1) is 0 Å². The molecule has 0 radical (unpaired) electrons. The Bertz CT molecular complexity index is 1580. The summed E-state index contributed by atoms with van der Waals surface area (Å²) >= 11 is 0. The van der Waals surface area contributed by atoms with Gasteiger partial charge in [0.25, 0.3) is 0 Å². The maximum atomic E-state index is 12.9. The Morgan fingerprint density at radius 2 is 0.562 bits per heavy atom.